The Morgan fingerprint density at radius 2 is 2.20 bits per heavy atom. The van der Waals surface area contributed by atoms with Gasteiger partial charge < -0.3 is 4.74 Å². The summed E-state index contributed by atoms with van der Waals surface area (Å²) in [6.45, 7) is 6.00. The standard InChI is InChI=1S/C14H18N4OS/c1-4-13-16-17-14(20)18(13)15-9-11-7-5-6-8-12(11)19-10(2)3/h5-10H,4H2,1-3H3,(H,17,20)/b15-9+. The van der Waals surface area contributed by atoms with Crippen molar-refractivity contribution in [3.05, 3.63) is 40.4 Å². The summed E-state index contributed by atoms with van der Waals surface area (Å²) in [5.41, 5.74) is 0.909. The van der Waals surface area contributed by atoms with E-state index in [1.165, 1.54) is 0 Å². The van der Waals surface area contributed by atoms with E-state index in [1.807, 2.05) is 45.0 Å². The molecule has 0 saturated heterocycles. The van der Waals surface area contributed by atoms with E-state index >= 15 is 0 Å². The molecule has 1 heterocycles. The molecule has 0 bridgehead atoms. The molecule has 0 aliphatic carbocycles. The van der Waals surface area contributed by atoms with Crippen molar-refractivity contribution in [1.82, 2.24) is 14.9 Å². The second-order valence-corrected chi connectivity index (χ2v) is 4.95. The third kappa shape index (κ3) is 3.33. The molecule has 2 aromatic rings. The Kier molecular flexibility index (Phi) is 4.68. The monoisotopic (exact) mass is 290 g/mol. The molecule has 0 atom stereocenters. The Bertz CT molecular complexity index is 657. The van der Waals surface area contributed by atoms with Gasteiger partial charge in [-0.15, -0.1) is 0 Å². The predicted octanol–water partition coefficient (Wildman–Crippen LogP) is 3.17. The van der Waals surface area contributed by atoms with Gasteiger partial charge in [-0.1, -0.05) is 19.1 Å². The maximum Gasteiger partial charge on any atom is 0.216 e. The number of nitrogens with one attached hydrogen (secondary N) is 1. The molecule has 20 heavy (non-hydrogen) atoms. The molecule has 1 N–H and O–H groups in total. The molecule has 2 rings (SSSR count). The van der Waals surface area contributed by atoms with Crippen LogP contribution in [-0.2, 0) is 6.42 Å². The average molecular weight is 290 g/mol. The van der Waals surface area contributed by atoms with Crippen LogP contribution in [0.3, 0.4) is 0 Å². The zero-order chi connectivity index (χ0) is 14.5. The van der Waals surface area contributed by atoms with Gasteiger partial charge in [0.05, 0.1) is 12.3 Å². The van der Waals surface area contributed by atoms with E-state index in [1.54, 1.807) is 10.9 Å². The largest absolute Gasteiger partial charge is 0.490 e. The van der Waals surface area contributed by atoms with Crippen molar-refractivity contribution in [3.8, 4) is 5.75 Å². The third-order valence-electron chi connectivity index (χ3n) is 2.63. The number of aromatic amines is 1. The minimum atomic E-state index is 0.117. The van der Waals surface area contributed by atoms with E-state index in [9.17, 15) is 0 Å². The predicted molar refractivity (Wildman–Crippen MR) is 82.0 cm³/mol. The molecule has 0 fully saturated rings. The lowest BCUT2D eigenvalue weighted by atomic mass is 10.2. The average Bonchev–Trinajstić information content (AvgIpc) is 2.78. The van der Waals surface area contributed by atoms with Gasteiger partial charge in [0.1, 0.15) is 5.75 Å². The van der Waals surface area contributed by atoms with Crippen LogP contribution in [0.25, 0.3) is 0 Å². The zero-order valence-electron chi connectivity index (χ0n) is 11.8. The van der Waals surface area contributed by atoms with Gasteiger partial charge in [0, 0.05) is 12.0 Å². The smallest absolute Gasteiger partial charge is 0.216 e. The number of hydrogen-bond donors (Lipinski definition) is 1. The van der Waals surface area contributed by atoms with E-state index < -0.39 is 0 Å². The van der Waals surface area contributed by atoms with Gasteiger partial charge in [0.15, 0.2) is 5.82 Å². The van der Waals surface area contributed by atoms with Crippen LogP contribution in [0.5, 0.6) is 5.75 Å². The summed E-state index contributed by atoms with van der Waals surface area (Å²) in [5, 5.41) is 11.2. The highest BCUT2D eigenvalue weighted by molar-refractivity contribution is 7.71. The molecule has 0 saturated carbocycles. The molecule has 1 aromatic heterocycles. The quantitative estimate of drug-likeness (QED) is 0.679. The van der Waals surface area contributed by atoms with E-state index in [0.29, 0.717) is 4.77 Å². The van der Waals surface area contributed by atoms with Crippen molar-refractivity contribution in [2.45, 2.75) is 33.3 Å². The Hall–Kier alpha value is -1.95. The Morgan fingerprint density at radius 1 is 1.45 bits per heavy atom. The fourth-order valence-electron chi connectivity index (χ4n) is 1.74. The molecule has 0 radical (unpaired) electrons. The zero-order valence-corrected chi connectivity index (χ0v) is 12.6. The van der Waals surface area contributed by atoms with Crippen molar-refractivity contribution in [2.75, 3.05) is 0 Å². The minimum absolute atomic E-state index is 0.117. The van der Waals surface area contributed by atoms with E-state index in [4.69, 9.17) is 17.0 Å². The molecule has 0 amide bonds. The van der Waals surface area contributed by atoms with Crippen LogP contribution in [0.2, 0.25) is 0 Å². The first-order valence-electron chi connectivity index (χ1n) is 6.58. The number of benzene rings is 1. The first-order chi connectivity index (χ1) is 9.61. The lowest BCUT2D eigenvalue weighted by Crippen LogP contribution is -2.07. The van der Waals surface area contributed by atoms with Crippen molar-refractivity contribution in [3.63, 3.8) is 0 Å². The summed E-state index contributed by atoms with van der Waals surface area (Å²) in [7, 11) is 0. The second kappa shape index (κ2) is 6.47. The van der Waals surface area contributed by atoms with Gasteiger partial charge >= 0.3 is 0 Å². The van der Waals surface area contributed by atoms with Gasteiger partial charge in [-0.25, -0.2) is 0 Å². The molecule has 5 nitrogen and oxygen atoms in total. The van der Waals surface area contributed by atoms with Crippen molar-refractivity contribution in [2.24, 2.45) is 5.10 Å². The van der Waals surface area contributed by atoms with Crippen LogP contribution >= 0.6 is 12.2 Å². The number of nitrogens with zero attached hydrogens (tertiary/aromatic N) is 3. The normalized spacial score (nSPS) is 11.4. The number of hydrogen-bond acceptors (Lipinski definition) is 4. The van der Waals surface area contributed by atoms with Gasteiger partial charge in [-0.2, -0.15) is 14.9 Å². The number of aryl methyl sites for hydroxylation is 1. The third-order valence-corrected chi connectivity index (χ3v) is 2.89. The number of aromatic nitrogens is 3. The number of H-pyrrole nitrogens is 1. The van der Waals surface area contributed by atoms with E-state index in [0.717, 1.165) is 23.6 Å². The number of rotatable bonds is 5. The summed E-state index contributed by atoms with van der Waals surface area (Å²) < 4.78 is 7.86. The maximum absolute atomic E-state index is 5.75. The summed E-state index contributed by atoms with van der Waals surface area (Å²) >= 11 is 5.16. The summed E-state index contributed by atoms with van der Waals surface area (Å²) in [4.78, 5) is 0. The molecule has 1 aromatic carbocycles. The van der Waals surface area contributed by atoms with Crippen LogP contribution in [0.1, 0.15) is 32.2 Å². The van der Waals surface area contributed by atoms with Gasteiger partial charge in [-0.3, -0.25) is 5.10 Å². The fraction of sp³-hybridized carbons (Fsp3) is 0.357. The summed E-state index contributed by atoms with van der Waals surface area (Å²) in [5.74, 6) is 1.60. The first-order valence-corrected chi connectivity index (χ1v) is 6.99. The van der Waals surface area contributed by atoms with Gasteiger partial charge in [0.25, 0.3) is 0 Å². The fourth-order valence-corrected chi connectivity index (χ4v) is 1.94. The first kappa shape index (κ1) is 14.5. The van der Waals surface area contributed by atoms with Crippen LogP contribution in [0.4, 0.5) is 0 Å². The number of ether oxygens (including phenoxy) is 1. The maximum atomic E-state index is 5.75. The van der Waals surface area contributed by atoms with Crippen LogP contribution in [-0.4, -0.2) is 27.2 Å². The Labute approximate surface area is 123 Å². The van der Waals surface area contributed by atoms with Crippen molar-refractivity contribution < 1.29 is 4.74 Å². The highest BCUT2D eigenvalue weighted by Crippen LogP contribution is 2.17. The van der Waals surface area contributed by atoms with Gasteiger partial charge in [0.2, 0.25) is 4.77 Å². The summed E-state index contributed by atoms with van der Waals surface area (Å²) in [6, 6.07) is 7.77. The van der Waals surface area contributed by atoms with Crippen molar-refractivity contribution in [1.29, 1.82) is 0 Å². The van der Waals surface area contributed by atoms with Crippen LogP contribution < -0.4 is 4.74 Å². The van der Waals surface area contributed by atoms with E-state index in [2.05, 4.69) is 15.3 Å². The molecule has 0 spiro atoms. The van der Waals surface area contributed by atoms with Crippen LogP contribution in [0, 0.1) is 4.77 Å². The molecule has 6 heteroatoms. The van der Waals surface area contributed by atoms with E-state index in [-0.39, 0.29) is 6.10 Å². The second-order valence-electron chi connectivity index (χ2n) is 4.56. The lowest BCUT2D eigenvalue weighted by Gasteiger charge is -2.11. The topological polar surface area (TPSA) is 55.2 Å². The van der Waals surface area contributed by atoms with Crippen molar-refractivity contribution >= 4 is 18.4 Å². The van der Waals surface area contributed by atoms with Gasteiger partial charge in [-0.05, 0) is 38.2 Å². The summed E-state index contributed by atoms with van der Waals surface area (Å²) in [6.07, 6.45) is 2.61. The van der Waals surface area contributed by atoms with Crippen LogP contribution in [0.15, 0.2) is 29.4 Å². The Balaban J connectivity index is 2.32. The molecule has 0 aliphatic rings. The minimum Gasteiger partial charge on any atom is -0.490 e. The Morgan fingerprint density at radius 3 is 2.90 bits per heavy atom. The lowest BCUT2D eigenvalue weighted by molar-refractivity contribution is 0.242. The molecule has 0 aliphatic heterocycles. The highest BCUT2D eigenvalue weighted by atomic mass is 32.1. The number of para-hydroxylation sites is 1. The SMILES string of the molecule is CCc1n[nH]c(=S)n1/N=C/c1ccccc1OC(C)C. The molecular weight excluding hydrogens is 272 g/mol. The molecule has 0 unspecified atom stereocenters. The molecule has 106 valence electrons. The molecular formula is C14H18N4OS. The highest BCUT2D eigenvalue weighted by Gasteiger charge is 2.04.